The number of carbonyl (C=O) groups excluding carboxylic acids is 2. The van der Waals surface area contributed by atoms with Gasteiger partial charge in [0.1, 0.15) is 5.54 Å². The molecule has 1 saturated carbocycles. The summed E-state index contributed by atoms with van der Waals surface area (Å²) in [6, 6.07) is 7.38. The maximum atomic E-state index is 13.3. The lowest BCUT2D eigenvalue weighted by molar-refractivity contribution is -0.148. The number of carbonyl (C=O) groups is 2. The second kappa shape index (κ2) is 9.48. The Kier molecular flexibility index (Phi) is 7.19. The Bertz CT molecular complexity index is 942. The van der Waals surface area contributed by atoms with Gasteiger partial charge in [-0.1, -0.05) is 41.6 Å². The predicted octanol–water partition coefficient (Wildman–Crippen LogP) is 4.90. The van der Waals surface area contributed by atoms with E-state index in [2.05, 4.69) is 9.97 Å². The lowest BCUT2D eigenvalue weighted by Crippen LogP contribution is -2.54. The van der Waals surface area contributed by atoms with Crippen LogP contribution in [0.2, 0.25) is 5.02 Å². The van der Waals surface area contributed by atoms with Crippen molar-refractivity contribution < 1.29 is 9.59 Å². The van der Waals surface area contributed by atoms with E-state index in [9.17, 15) is 9.59 Å². The lowest BCUT2D eigenvalue weighted by atomic mass is 9.74. The van der Waals surface area contributed by atoms with Crippen LogP contribution >= 0.6 is 23.4 Å². The number of aromatic nitrogens is 2. The van der Waals surface area contributed by atoms with Crippen LogP contribution in [0.15, 0.2) is 29.4 Å². The van der Waals surface area contributed by atoms with Crippen molar-refractivity contribution in [2.75, 3.05) is 13.3 Å². The Hall–Kier alpha value is -1.92. The number of thioether (sulfide) groups is 1. The largest absolute Gasteiger partial charge is 0.329 e. The first kappa shape index (κ1) is 22.8. The van der Waals surface area contributed by atoms with Gasteiger partial charge < -0.3 is 4.90 Å². The van der Waals surface area contributed by atoms with Gasteiger partial charge in [-0.05, 0) is 57.4 Å². The fourth-order valence-electron chi connectivity index (χ4n) is 4.40. The van der Waals surface area contributed by atoms with E-state index in [0.29, 0.717) is 30.7 Å². The molecule has 160 valence electrons. The van der Waals surface area contributed by atoms with Crippen molar-refractivity contribution in [3.8, 4) is 0 Å². The summed E-state index contributed by atoms with van der Waals surface area (Å²) in [5.74, 6) is -0.00405. The smallest absolute Gasteiger partial charge is 0.223 e. The van der Waals surface area contributed by atoms with E-state index >= 15 is 0 Å². The van der Waals surface area contributed by atoms with Gasteiger partial charge >= 0.3 is 0 Å². The Morgan fingerprint density at radius 3 is 2.47 bits per heavy atom. The van der Waals surface area contributed by atoms with E-state index in [4.69, 9.17) is 11.6 Å². The summed E-state index contributed by atoms with van der Waals surface area (Å²) in [5.41, 5.74) is 2.54. The molecule has 1 amide bonds. The minimum absolute atomic E-state index is 0.0673. The molecule has 7 heteroatoms. The predicted molar refractivity (Wildman–Crippen MR) is 121 cm³/mol. The van der Waals surface area contributed by atoms with E-state index in [0.717, 1.165) is 40.5 Å². The van der Waals surface area contributed by atoms with Crippen molar-refractivity contribution in [3.63, 3.8) is 0 Å². The zero-order chi connectivity index (χ0) is 21.9. The van der Waals surface area contributed by atoms with E-state index in [-0.39, 0.29) is 11.7 Å². The third-order valence-electron chi connectivity index (χ3n) is 6.09. The highest BCUT2D eigenvalue weighted by molar-refractivity contribution is 7.98. The number of rotatable bonds is 6. The fourth-order valence-corrected chi connectivity index (χ4v) is 5.15. The highest BCUT2D eigenvalue weighted by atomic mass is 35.5. The summed E-state index contributed by atoms with van der Waals surface area (Å²) >= 11 is 8.00. The molecule has 5 nitrogen and oxygen atoms in total. The van der Waals surface area contributed by atoms with Gasteiger partial charge in [0.2, 0.25) is 5.91 Å². The third-order valence-corrected chi connectivity index (χ3v) is 6.97. The number of halogens is 1. The van der Waals surface area contributed by atoms with E-state index in [1.807, 2.05) is 38.3 Å². The number of Topliss-reactive ketones (excluding diaryl/α,β-unsaturated/α-hetero) is 1. The average Bonchev–Trinajstić information content (AvgIpc) is 2.73. The van der Waals surface area contributed by atoms with Gasteiger partial charge in [-0.25, -0.2) is 9.97 Å². The number of amides is 1. The highest BCUT2D eigenvalue weighted by Crippen LogP contribution is 2.42. The summed E-state index contributed by atoms with van der Waals surface area (Å²) in [4.78, 5) is 37.1. The fraction of sp³-hybridized carbons (Fsp3) is 0.478. The normalized spacial score (nSPS) is 19.0. The second-order valence-electron chi connectivity index (χ2n) is 7.78. The van der Waals surface area contributed by atoms with Crippen molar-refractivity contribution in [2.24, 2.45) is 0 Å². The van der Waals surface area contributed by atoms with Gasteiger partial charge in [0.15, 0.2) is 10.9 Å². The first-order valence-corrected chi connectivity index (χ1v) is 11.8. The zero-order valence-electron chi connectivity index (χ0n) is 18.0. The molecule has 0 radical (unpaired) electrons. The molecule has 1 aromatic heterocycles. The lowest BCUT2D eigenvalue weighted by Gasteiger charge is -2.44. The minimum Gasteiger partial charge on any atom is -0.329 e. The molecule has 30 heavy (non-hydrogen) atoms. The van der Waals surface area contributed by atoms with Gasteiger partial charge in [-0.15, -0.1) is 0 Å². The Morgan fingerprint density at radius 2 is 1.87 bits per heavy atom. The summed E-state index contributed by atoms with van der Waals surface area (Å²) in [6.45, 7) is 3.90. The molecule has 1 heterocycles. The Morgan fingerprint density at radius 1 is 1.20 bits per heavy atom. The Labute approximate surface area is 187 Å². The molecule has 1 unspecified atom stereocenters. The van der Waals surface area contributed by atoms with Crippen LogP contribution in [0.3, 0.4) is 0 Å². The minimum atomic E-state index is -0.989. The first-order chi connectivity index (χ1) is 14.3. The maximum Gasteiger partial charge on any atom is 0.223 e. The van der Waals surface area contributed by atoms with E-state index in [1.54, 1.807) is 18.0 Å². The van der Waals surface area contributed by atoms with E-state index in [1.165, 1.54) is 11.8 Å². The number of hydrogen-bond acceptors (Lipinski definition) is 5. The van der Waals surface area contributed by atoms with E-state index < -0.39 is 5.54 Å². The van der Waals surface area contributed by atoms with Gasteiger partial charge in [-0.3, -0.25) is 9.59 Å². The molecule has 2 aromatic rings. The van der Waals surface area contributed by atoms with Crippen LogP contribution < -0.4 is 0 Å². The summed E-state index contributed by atoms with van der Waals surface area (Å²) in [7, 11) is 1.74. The third kappa shape index (κ3) is 4.26. The molecule has 0 aliphatic heterocycles. The zero-order valence-corrected chi connectivity index (χ0v) is 19.6. The molecule has 0 bridgehead atoms. The van der Waals surface area contributed by atoms with Gasteiger partial charge in [0.25, 0.3) is 0 Å². The number of nitrogens with zero attached hydrogens (tertiary/aromatic N) is 3. The van der Waals surface area contributed by atoms with Crippen LogP contribution in [0, 0.1) is 13.8 Å². The number of benzene rings is 1. The Balaban J connectivity index is 1.87. The monoisotopic (exact) mass is 445 g/mol. The summed E-state index contributed by atoms with van der Waals surface area (Å²) < 4.78 is 0. The average molecular weight is 446 g/mol. The van der Waals surface area contributed by atoms with Crippen molar-refractivity contribution >= 4 is 35.1 Å². The molecule has 0 spiro atoms. The van der Waals surface area contributed by atoms with Crippen LogP contribution in [-0.4, -0.2) is 39.9 Å². The van der Waals surface area contributed by atoms with Crippen LogP contribution in [-0.2, 0) is 21.5 Å². The number of aryl methyl sites for hydroxylation is 2. The number of likely N-dealkylation sites (N-methyl/N-ethyl adjacent to an activating group) is 1. The molecule has 3 rings (SSSR count). The maximum absolute atomic E-state index is 13.3. The number of ketones is 1. The molecule has 1 fully saturated rings. The quantitative estimate of drug-likeness (QED) is 0.467. The molecule has 1 aliphatic carbocycles. The van der Waals surface area contributed by atoms with Crippen molar-refractivity contribution in [1.82, 2.24) is 14.9 Å². The molecule has 1 aromatic carbocycles. The van der Waals surface area contributed by atoms with Crippen molar-refractivity contribution in [1.29, 1.82) is 0 Å². The molecule has 0 saturated heterocycles. The van der Waals surface area contributed by atoms with Gasteiger partial charge in [0, 0.05) is 41.9 Å². The molecular weight excluding hydrogens is 418 g/mol. The van der Waals surface area contributed by atoms with Crippen molar-refractivity contribution in [3.05, 3.63) is 51.8 Å². The van der Waals surface area contributed by atoms with Crippen LogP contribution in [0.1, 0.15) is 54.6 Å². The first-order valence-electron chi connectivity index (χ1n) is 10.2. The molecule has 1 atom stereocenters. The van der Waals surface area contributed by atoms with Gasteiger partial charge in [0.05, 0.1) is 0 Å². The summed E-state index contributed by atoms with van der Waals surface area (Å²) in [5, 5.41) is 1.27. The molecule has 0 N–H and O–H groups in total. The summed E-state index contributed by atoms with van der Waals surface area (Å²) in [6.07, 6.45) is 5.58. The second-order valence-corrected chi connectivity index (χ2v) is 8.96. The molecule has 1 aliphatic rings. The standard InChI is InChI=1S/C23H28ClN3O2S/c1-15-17(16(2)26-22(25-15)30-4)12-13-21(29)27(3)23(14-8-7-11-20(23)28)18-9-5-6-10-19(18)24/h5-6,9-10H,7-8,11-14H2,1-4H3. The highest BCUT2D eigenvalue weighted by Gasteiger charge is 2.47. The SMILES string of the molecule is CSc1nc(C)c(CCC(=O)N(C)C2(c3ccccc3Cl)CCCCC2=O)c(C)n1. The van der Waals surface area contributed by atoms with Crippen LogP contribution in [0.4, 0.5) is 0 Å². The topological polar surface area (TPSA) is 63.2 Å². The van der Waals surface area contributed by atoms with Crippen LogP contribution in [0.25, 0.3) is 0 Å². The number of hydrogen-bond donors (Lipinski definition) is 0. The molecular formula is C23H28ClN3O2S. The van der Waals surface area contributed by atoms with Crippen LogP contribution in [0.5, 0.6) is 0 Å². The van der Waals surface area contributed by atoms with Gasteiger partial charge in [-0.2, -0.15) is 0 Å². The van der Waals surface area contributed by atoms with Crippen molar-refractivity contribution in [2.45, 2.75) is 63.1 Å².